The molecule has 3 aromatic carbocycles. The van der Waals surface area contributed by atoms with Gasteiger partial charge in [0.2, 0.25) is 5.69 Å². The molecule has 0 amide bonds. The number of aromatic nitrogens is 4. The second-order valence-electron chi connectivity index (χ2n) is 6.80. The zero-order valence-corrected chi connectivity index (χ0v) is 15.7. The van der Waals surface area contributed by atoms with Crippen LogP contribution in [0.15, 0.2) is 79.0 Å². The van der Waals surface area contributed by atoms with Gasteiger partial charge in [-0.2, -0.15) is 10.2 Å². The average molecular weight is 394 g/mol. The quantitative estimate of drug-likeness (QED) is 0.430. The molecule has 0 aliphatic carbocycles. The Morgan fingerprint density at radius 1 is 0.900 bits per heavy atom. The standard InChI is InChI=1S/C23H15FN6/c1-26-21-9-7-15(12-19(21)24)22-13-23(25)28-30(22)18-8-10-20-16(11-18)14-29(27-20)17-5-3-2-4-6-17/h2-14H,(H2,25,28). The maximum atomic E-state index is 14.2. The molecular formula is C23H15FN6. The molecule has 6 nitrogen and oxygen atoms in total. The normalized spacial score (nSPS) is 10.9. The number of anilines is 1. The largest absolute Gasteiger partial charge is 0.382 e. The van der Waals surface area contributed by atoms with Crippen LogP contribution in [0, 0.1) is 12.4 Å². The summed E-state index contributed by atoms with van der Waals surface area (Å²) in [6, 6.07) is 21.8. The van der Waals surface area contributed by atoms with Crippen LogP contribution >= 0.6 is 0 Å². The fourth-order valence-corrected chi connectivity index (χ4v) is 3.42. The molecule has 0 unspecified atom stereocenters. The Morgan fingerprint density at radius 2 is 1.73 bits per heavy atom. The van der Waals surface area contributed by atoms with Crippen molar-refractivity contribution in [3.8, 4) is 22.6 Å². The van der Waals surface area contributed by atoms with E-state index in [-0.39, 0.29) is 5.69 Å². The molecule has 0 saturated heterocycles. The van der Waals surface area contributed by atoms with Crippen LogP contribution in [0.2, 0.25) is 0 Å². The third-order valence-electron chi connectivity index (χ3n) is 4.85. The van der Waals surface area contributed by atoms with Gasteiger partial charge in [-0.05, 0) is 36.4 Å². The van der Waals surface area contributed by atoms with Crippen molar-refractivity contribution < 1.29 is 4.39 Å². The van der Waals surface area contributed by atoms with E-state index in [1.165, 1.54) is 12.1 Å². The number of nitrogens with zero attached hydrogens (tertiary/aromatic N) is 5. The van der Waals surface area contributed by atoms with Gasteiger partial charge >= 0.3 is 0 Å². The van der Waals surface area contributed by atoms with E-state index < -0.39 is 5.82 Å². The first kappa shape index (κ1) is 17.6. The first-order valence-electron chi connectivity index (χ1n) is 9.20. The summed E-state index contributed by atoms with van der Waals surface area (Å²) < 4.78 is 17.7. The van der Waals surface area contributed by atoms with Crippen molar-refractivity contribution in [1.29, 1.82) is 0 Å². The molecule has 5 rings (SSSR count). The maximum absolute atomic E-state index is 14.2. The molecule has 30 heavy (non-hydrogen) atoms. The summed E-state index contributed by atoms with van der Waals surface area (Å²) in [5.74, 6) is -0.256. The number of benzene rings is 3. The molecule has 144 valence electrons. The summed E-state index contributed by atoms with van der Waals surface area (Å²) in [6.45, 7) is 7.02. The van der Waals surface area contributed by atoms with Gasteiger partial charge in [-0.15, -0.1) is 0 Å². The molecule has 2 aromatic heterocycles. The summed E-state index contributed by atoms with van der Waals surface area (Å²) in [5.41, 5.74) is 9.74. The molecule has 5 aromatic rings. The van der Waals surface area contributed by atoms with Crippen LogP contribution in [0.4, 0.5) is 15.9 Å². The van der Waals surface area contributed by atoms with Crippen LogP contribution in [0.5, 0.6) is 0 Å². The average Bonchev–Trinajstić information content (AvgIpc) is 3.37. The van der Waals surface area contributed by atoms with Crippen molar-refractivity contribution in [3.05, 3.63) is 96.2 Å². The number of para-hydroxylation sites is 1. The number of rotatable bonds is 3. The van der Waals surface area contributed by atoms with E-state index in [0.717, 1.165) is 22.3 Å². The molecule has 2 N–H and O–H groups in total. The van der Waals surface area contributed by atoms with E-state index in [1.807, 2.05) is 59.4 Å². The number of hydrogen-bond acceptors (Lipinski definition) is 3. The second-order valence-corrected chi connectivity index (χ2v) is 6.80. The Labute approximate surface area is 171 Å². The van der Waals surface area contributed by atoms with Crippen molar-refractivity contribution in [2.45, 2.75) is 0 Å². The number of nitrogens with two attached hydrogens (primary N) is 1. The lowest BCUT2D eigenvalue weighted by atomic mass is 10.1. The summed E-state index contributed by atoms with van der Waals surface area (Å²) in [5, 5.41) is 9.94. The minimum absolute atomic E-state index is 0.0208. The predicted molar refractivity (Wildman–Crippen MR) is 114 cm³/mol. The molecule has 0 spiro atoms. The van der Waals surface area contributed by atoms with Crippen LogP contribution in [-0.4, -0.2) is 19.6 Å². The maximum Gasteiger partial charge on any atom is 0.222 e. The van der Waals surface area contributed by atoms with Gasteiger partial charge in [0.25, 0.3) is 0 Å². The zero-order chi connectivity index (χ0) is 20.7. The van der Waals surface area contributed by atoms with Gasteiger partial charge in [-0.1, -0.05) is 30.3 Å². The first-order valence-corrected chi connectivity index (χ1v) is 9.20. The molecule has 0 aliphatic rings. The molecule has 0 fully saturated rings. The summed E-state index contributed by atoms with van der Waals surface area (Å²) in [4.78, 5) is 3.17. The minimum Gasteiger partial charge on any atom is -0.382 e. The number of fused-ring (bicyclic) bond motifs is 1. The van der Waals surface area contributed by atoms with Crippen molar-refractivity contribution in [3.63, 3.8) is 0 Å². The zero-order valence-electron chi connectivity index (χ0n) is 15.7. The van der Waals surface area contributed by atoms with Crippen molar-refractivity contribution >= 4 is 22.4 Å². The minimum atomic E-state index is -0.576. The SMILES string of the molecule is [C-]#[N+]c1ccc(-c2cc(N)nn2-c2ccc3nn(-c4ccccc4)cc3c2)cc1F. The number of halogens is 1. The van der Waals surface area contributed by atoms with Crippen LogP contribution in [0.1, 0.15) is 0 Å². The molecule has 0 aliphatic heterocycles. The smallest absolute Gasteiger partial charge is 0.222 e. The number of nitrogen functional groups attached to an aromatic ring is 1. The Hall–Kier alpha value is -4.44. The third-order valence-corrected chi connectivity index (χ3v) is 4.85. The predicted octanol–water partition coefficient (Wildman–Crippen LogP) is 5.15. The van der Waals surface area contributed by atoms with Gasteiger partial charge in [0, 0.05) is 23.2 Å². The fraction of sp³-hybridized carbons (Fsp3) is 0. The number of hydrogen-bond donors (Lipinski definition) is 1. The van der Waals surface area contributed by atoms with E-state index in [0.29, 0.717) is 17.1 Å². The highest BCUT2D eigenvalue weighted by atomic mass is 19.1. The van der Waals surface area contributed by atoms with Gasteiger partial charge in [-0.25, -0.2) is 18.6 Å². The van der Waals surface area contributed by atoms with E-state index in [9.17, 15) is 4.39 Å². The molecule has 0 bridgehead atoms. The summed E-state index contributed by atoms with van der Waals surface area (Å²) in [6.07, 6.45) is 1.95. The second kappa shape index (κ2) is 6.87. The van der Waals surface area contributed by atoms with Gasteiger partial charge in [-0.3, -0.25) is 0 Å². The Kier molecular flexibility index (Phi) is 4.04. The molecule has 2 heterocycles. The van der Waals surface area contributed by atoms with Crippen LogP contribution < -0.4 is 5.73 Å². The van der Waals surface area contributed by atoms with Crippen molar-refractivity contribution in [2.24, 2.45) is 0 Å². The van der Waals surface area contributed by atoms with Crippen LogP contribution in [0.3, 0.4) is 0 Å². The van der Waals surface area contributed by atoms with Gasteiger partial charge in [0.1, 0.15) is 11.6 Å². The summed E-state index contributed by atoms with van der Waals surface area (Å²) >= 11 is 0. The van der Waals surface area contributed by atoms with Gasteiger partial charge < -0.3 is 5.73 Å². The Bertz CT molecular complexity index is 1430. The van der Waals surface area contributed by atoms with Gasteiger partial charge in [0.05, 0.1) is 29.2 Å². The Balaban J connectivity index is 1.61. The lowest BCUT2D eigenvalue weighted by Crippen LogP contribution is -2.00. The molecule has 7 heteroatoms. The van der Waals surface area contributed by atoms with Crippen molar-refractivity contribution in [1.82, 2.24) is 19.6 Å². The van der Waals surface area contributed by atoms with Crippen LogP contribution in [-0.2, 0) is 0 Å². The monoisotopic (exact) mass is 394 g/mol. The molecule has 0 radical (unpaired) electrons. The van der Waals surface area contributed by atoms with E-state index in [2.05, 4.69) is 15.0 Å². The van der Waals surface area contributed by atoms with Crippen LogP contribution in [0.25, 0.3) is 38.4 Å². The fourth-order valence-electron chi connectivity index (χ4n) is 3.42. The lowest BCUT2D eigenvalue weighted by molar-refractivity contribution is 0.634. The summed E-state index contributed by atoms with van der Waals surface area (Å²) in [7, 11) is 0. The molecule has 0 saturated carbocycles. The van der Waals surface area contributed by atoms with E-state index in [4.69, 9.17) is 12.3 Å². The first-order chi connectivity index (χ1) is 14.6. The highest BCUT2D eigenvalue weighted by Gasteiger charge is 2.14. The third kappa shape index (κ3) is 2.97. The van der Waals surface area contributed by atoms with Gasteiger partial charge in [0.15, 0.2) is 0 Å². The molecule has 0 atom stereocenters. The molecular weight excluding hydrogens is 379 g/mol. The van der Waals surface area contributed by atoms with E-state index >= 15 is 0 Å². The highest BCUT2D eigenvalue weighted by molar-refractivity contribution is 5.81. The topological polar surface area (TPSA) is 66.0 Å². The lowest BCUT2D eigenvalue weighted by Gasteiger charge is -2.08. The van der Waals surface area contributed by atoms with E-state index in [1.54, 1.807) is 16.8 Å². The Morgan fingerprint density at radius 3 is 2.50 bits per heavy atom. The highest BCUT2D eigenvalue weighted by Crippen LogP contribution is 2.30. The van der Waals surface area contributed by atoms with Crippen molar-refractivity contribution in [2.75, 3.05) is 5.73 Å².